The summed E-state index contributed by atoms with van der Waals surface area (Å²) in [5.41, 5.74) is 1.93. The molecule has 7 nitrogen and oxygen atoms in total. The van der Waals surface area contributed by atoms with Gasteiger partial charge < -0.3 is 10.1 Å². The van der Waals surface area contributed by atoms with Gasteiger partial charge in [-0.2, -0.15) is 4.98 Å². The molecule has 0 saturated heterocycles. The summed E-state index contributed by atoms with van der Waals surface area (Å²) >= 11 is 8.34. The smallest absolute Gasteiger partial charge is 0.373 e. The van der Waals surface area contributed by atoms with Crippen molar-refractivity contribution in [2.75, 3.05) is 5.32 Å². The zero-order valence-electron chi connectivity index (χ0n) is 14.4. The zero-order chi connectivity index (χ0) is 19.6. The van der Waals surface area contributed by atoms with Crippen molar-refractivity contribution in [3.8, 4) is 11.6 Å². The third kappa shape index (κ3) is 4.45. The van der Waals surface area contributed by atoms with E-state index in [0.29, 0.717) is 16.5 Å². The maximum atomic E-state index is 11.6. The van der Waals surface area contributed by atoms with Crippen molar-refractivity contribution in [1.29, 1.82) is 0 Å². The van der Waals surface area contributed by atoms with Gasteiger partial charge in [0.15, 0.2) is 0 Å². The summed E-state index contributed by atoms with van der Waals surface area (Å²) in [4.78, 5) is 19.0. The lowest BCUT2D eigenvalue weighted by atomic mass is 10.1. The van der Waals surface area contributed by atoms with E-state index in [9.17, 15) is 10.1 Å². The van der Waals surface area contributed by atoms with Crippen molar-refractivity contribution in [2.45, 2.75) is 13.8 Å². The monoisotopic (exact) mass is 496 g/mol. The second-order valence-electron chi connectivity index (χ2n) is 5.74. The van der Waals surface area contributed by atoms with Crippen LogP contribution in [0.2, 0.25) is 5.02 Å². The highest BCUT2D eigenvalue weighted by Gasteiger charge is 2.25. The summed E-state index contributed by atoms with van der Waals surface area (Å²) in [5.74, 6) is 0.314. The van der Waals surface area contributed by atoms with Crippen LogP contribution in [0.4, 0.5) is 17.2 Å². The number of rotatable bonds is 5. The van der Waals surface area contributed by atoms with Gasteiger partial charge in [-0.25, -0.2) is 4.98 Å². The number of halogens is 2. The van der Waals surface area contributed by atoms with Gasteiger partial charge in [-0.1, -0.05) is 11.6 Å². The van der Waals surface area contributed by atoms with Crippen LogP contribution in [0.5, 0.6) is 11.6 Å². The molecule has 1 aromatic heterocycles. The minimum Gasteiger partial charge on any atom is -0.434 e. The number of nitro groups is 1. The molecule has 3 aromatic rings. The Morgan fingerprint density at radius 1 is 1.15 bits per heavy atom. The normalized spacial score (nSPS) is 10.5. The lowest BCUT2D eigenvalue weighted by molar-refractivity contribution is -0.385. The molecule has 0 radical (unpaired) electrons. The summed E-state index contributed by atoms with van der Waals surface area (Å²) in [5, 5.41) is 15.2. The van der Waals surface area contributed by atoms with Gasteiger partial charge in [-0.3, -0.25) is 10.1 Å². The van der Waals surface area contributed by atoms with Crippen molar-refractivity contribution < 1.29 is 9.66 Å². The highest BCUT2D eigenvalue weighted by molar-refractivity contribution is 14.1. The predicted octanol–water partition coefficient (Wildman–Crippen LogP) is 5.80. The van der Waals surface area contributed by atoms with Gasteiger partial charge in [-0.05, 0) is 84.0 Å². The van der Waals surface area contributed by atoms with Gasteiger partial charge in [-0.15, -0.1) is 0 Å². The molecule has 0 unspecified atom stereocenters. The van der Waals surface area contributed by atoms with Crippen LogP contribution in [0, 0.1) is 27.5 Å². The van der Waals surface area contributed by atoms with E-state index in [1.54, 1.807) is 24.3 Å². The number of ether oxygens (including phenoxy) is 1. The van der Waals surface area contributed by atoms with Crippen molar-refractivity contribution in [2.24, 2.45) is 0 Å². The number of hydrogen-bond acceptors (Lipinski definition) is 6. The molecule has 2 aromatic carbocycles. The Balaban J connectivity index is 1.98. The molecule has 0 amide bonds. The molecule has 0 spiro atoms. The lowest BCUT2D eigenvalue weighted by Crippen LogP contribution is -2.03. The van der Waals surface area contributed by atoms with Crippen LogP contribution in [0.1, 0.15) is 11.1 Å². The quantitative estimate of drug-likeness (QED) is 0.273. The van der Waals surface area contributed by atoms with Crippen LogP contribution in [0.15, 0.2) is 42.7 Å². The van der Waals surface area contributed by atoms with E-state index in [4.69, 9.17) is 16.3 Å². The molecular formula is C18H14ClIN4O3. The first-order valence-electron chi connectivity index (χ1n) is 7.81. The highest BCUT2D eigenvalue weighted by atomic mass is 127. The number of aromatic nitrogens is 2. The minimum atomic E-state index is -0.569. The fourth-order valence-electron chi connectivity index (χ4n) is 2.44. The molecule has 0 atom stereocenters. The van der Waals surface area contributed by atoms with Crippen LogP contribution in [-0.4, -0.2) is 14.9 Å². The summed E-state index contributed by atoms with van der Waals surface area (Å²) in [7, 11) is 0. The van der Waals surface area contributed by atoms with Crippen molar-refractivity contribution >= 4 is 51.4 Å². The van der Waals surface area contributed by atoms with Crippen LogP contribution in [-0.2, 0) is 0 Å². The molecule has 0 aliphatic carbocycles. The van der Waals surface area contributed by atoms with Gasteiger partial charge >= 0.3 is 11.6 Å². The zero-order valence-corrected chi connectivity index (χ0v) is 17.3. The fraction of sp³-hybridized carbons (Fsp3) is 0.111. The highest BCUT2D eigenvalue weighted by Crippen LogP contribution is 2.36. The Morgan fingerprint density at radius 3 is 2.37 bits per heavy atom. The Kier molecular flexibility index (Phi) is 5.76. The van der Waals surface area contributed by atoms with E-state index in [-0.39, 0.29) is 17.4 Å². The molecule has 138 valence electrons. The lowest BCUT2D eigenvalue weighted by Gasteiger charge is -2.11. The molecule has 0 saturated carbocycles. The van der Waals surface area contributed by atoms with Crippen molar-refractivity contribution in [3.63, 3.8) is 0 Å². The first kappa shape index (κ1) is 19.3. The number of nitrogens with zero attached hydrogens (tertiary/aromatic N) is 3. The van der Waals surface area contributed by atoms with Gasteiger partial charge in [0.1, 0.15) is 12.1 Å². The van der Waals surface area contributed by atoms with Crippen LogP contribution in [0.25, 0.3) is 0 Å². The molecule has 1 heterocycles. The van der Waals surface area contributed by atoms with E-state index >= 15 is 0 Å². The van der Waals surface area contributed by atoms with Crippen LogP contribution >= 0.6 is 34.2 Å². The van der Waals surface area contributed by atoms with Crippen LogP contribution < -0.4 is 10.1 Å². The second-order valence-corrected chi connectivity index (χ2v) is 7.36. The predicted molar refractivity (Wildman–Crippen MR) is 112 cm³/mol. The molecule has 0 bridgehead atoms. The summed E-state index contributed by atoms with van der Waals surface area (Å²) < 4.78 is 6.74. The van der Waals surface area contributed by atoms with Gasteiger partial charge in [0.25, 0.3) is 0 Å². The molecule has 0 fully saturated rings. The Labute approximate surface area is 174 Å². The average molecular weight is 497 g/mol. The maximum absolute atomic E-state index is 11.6. The fourth-order valence-corrected chi connectivity index (χ4v) is 2.91. The van der Waals surface area contributed by atoms with E-state index in [1.807, 2.05) is 26.0 Å². The molecule has 3 rings (SSSR count). The third-order valence-corrected chi connectivity index (χ3v) is 5.02. The Hall–Kier alpha value is -2.46. The SMILES string of the molecule is Cc1cc(Oc2ncnc(Nc3ccc(I)cc3)c2[N+](=O)[O-])cc(C)c1Cl. The number of hydrogen-bond donors (Lipinski definition) is 1. The average Bonchev–Trinajstić information content (AvgIpc) is 2.61. The topological polar surface area (TPSA) is 90.2 Å². The summed E-state index contributed by atoms with van der Waals surface area (Å²) in [6, 6.07) is 10.8. The van der Waals surface area contributed by atoms with Crippen LogP contribution in [0.3, 0.4) is 0 Å². The second kappa shape index (κ2) is 8.05. The first-order chi connectivity index (χ1) is 12.8. The van der Waals surface area contributed by atoms with Crippen molar-refractivity contribution in [3.05, 3.63) is 72.6 Å². The third-order valence-electron chi connectivity index (χ3n) is 3.70. The number of benzene rings is 2. The summed E-state index contributed by atoms with van der Waals surface area (Å²) in [6.07, 6.45) is 1.22. The number of nitrogens with one attached hydrogen (secondary N) is 1. The van der Waals surface area contributed by atoms with E-state index < -0.39 is 4.92 Å². The minimum absolute atomic E-state index is 0.0496. The van der Waals surface area contributed by atoms with E-state index in [2.05, 4.69) is 37.9 Å². The molecule has 0 aliphatic rings. The van der Waals surface area contributed by atoms with Gasteiger partial charge in [0.2, 0.25) is 5.82 Å². The Bertz CT molecular complexity index is 989. The number of aryl methyl sites for hydroxylation is 2. The Morgan fingerprint density at radius 2 is 1.78 bits per heavy atom. The van der Waals surface area contributed by atoms with Crippen molar-refractivity contribution in [1.82, 2.24) is 9.97 Å². The molecular weight excluding hydrogens is 483 g/mol. The molecule has 27 heavy (non-hydrogen) atoms. The van der Waals surface area contributed by atoms with E-state index in [1.165, 1.54) is 6.33 Å². The standard InChI is InChI=1S/C18H14ClIN4O3/c1-10-7-14(8-11(2)15(10)19)27-18-16(24(25)26)17(21-9-22-18)23-13-5-3-12(20)4-6-13/h3-9H,1-2H3,(H,21,22,23). The number of anilines is 2. The summed E-state index contributed by atoms with van der Waals surface area (Å²) in [6.45, 7) is 3.67. The van der Waals surface area contributed by atoms with Gasteiger partial charge in [0, 0.05) is 14.3 Å². The largest absolute Gasteiger partial charge is 0.434 e. The molecule has 9 heteroatoms. The molecule has 0 aliphatic heterocycles. The van der Waals surface area contributed by atoms with E-state index in [0.717, 1.165) is 14.7 Å². The maximum Gasteiger partial charge on any atom is 0.373 e. The molecule has 1 N–H and O–H groups in total. The first-order valence-corrected chi connectivity index (χ1v) is 9.27. The van der Waals surface area contributed by atoms with Gasteiger partial charge in [0.05, 0.1) is 4.92 Å².